The van der Waals surface area contributed by atoms with Gasteiger partial charge >= 0.3 is 5.97 Å². The molecular formula is C19H15FN2O2. The molecule has 2 heterocycles. The fraction of sp³-hybridized carbons (Fsp3) is 0.105. The van der Waals surface area contributed by atoms with Crippen LogP contribution < -0.4 is 0 Å². The van der Waals surface area contributed by atoms with E-state index in [4.69, 9.17) is 4.74 Å². The lowest BCUT2D eigenvalue weighted by molar-refractivity contribution is 0.0522. The average Bonchev–Trinajstić information content (AvgIpc) is 2.62. The quantitative estimate of drug-likeness (QED) is 0.678. The molecule has 120 valence electrons. The molecule has 0 aliphatic carbocycles. The second-order valence-corrected chi connectivity index (χ2v) is 5.07. The van der Waals surface area contributed by atoms with Crippen LogP contribution in [0.15, 0.2) is 61.2 Å². The lowest BCUT2D eigenvalue weighted by Crippen LogP contribution is -2.09. The molecule has 5 heteroatoms. The van der Waals surface area contributed by atoms with Gasteiger partial charge in [0.25, 0.3) is 0 Å². The van der Waals surface area contributed by atoms with Crippen LogP contribution in [-0.4, -0.2) is 22.5 Å². The molecule has 0 N–H and O–H groups in total. The zero-order chi connectivity index (χ0) is 16.9. The van der Waals surface area contributed by atoms with Gasteiger partial charge in [-0.05, 0) is 65.6 Å². The maximum Gasteiger partial charge on any atom is 0.341 e. The summed E-state index contributed by atoms with van der Waals surface area (Å²) in [5, 5.41) is 0. The molecule has 1 aromatic carbocycles. The van der Waals surface area contributed by atoms with E-state index in [9.17, 15) is 9.18 Å². The molecule has 0 atom stereocenters. The van der Waals surface area contributed by atoms with E-state index < -0.39 is 11.8 Å². The molecule has 2 aromatic heterocycles. The van der Waals surface area contributed by atoms with E-state index in [2.05, 4.69) is 9.97 Å². The van der Waals surface area contributed by atoms with Gasteiger partial charge in [-0.15, -0.1) is 0 Å². The molecular weight excluding hydrogens is 307 g/mol. The Bertz CT molecular complexity index is 852. The van der Waals surface area contributed by atoms with Crippen LogP contribution in [-0.2, 0) is 4.74 Å². The summed E-state index contributed by atoms with van der Waals surface area (Å²) >= 11 is 0. The van der Waals surface area contributed by atoms with Crippen molar-refractivity contribution in [2.45, 2.75) is 6.92 Å². The Balaban J connectivity index is 2.21. The Kier molecular flexibility index (Phi) is 4.61. The number of carbonyl (C=O) groups excluding carboxylic acids is 1. The van der Waals surface area contributed by atoms with E-state index in [0.717, 1.165) is 5.56 Å². The van der Waals surface area contributed by atoms with Gasteiger partial charge in [0.2, 0.25) is 0 Å². The lowest BCUT2D eigenvalue weighted by atomic mass is 9.95. The van der Waals surface area contributed by atoms with Crippen molar-refractivity contribution in [3.63, 3.8) is 0 Å². The molecule has 0 amide bonds. The van der Waals surface area contributed by atoms with E-state index in [1.165, 1.54) is 6.07 Å². The number of carbonyl (C=O) groups is 1. The Hall–Kier alpha value is -3.08. The van der Waals surface area contributed by atoms with Gasteiger partial charge in [0.15, 0.2) is 0 Å². The first-order chi connectivity index (χ1) is 11.7. The van der Waals surface area contributed by atoms with Crippen molar-refractivity contribution in [3.05, 3.63) is 72.6 Å². The largest absolute Gasteiger partial charge is 0.462 e. The predicted octanol–water partition coefficient (Wildman–Crippen LogP) is 4.13. The highest BCUT2D eigenvalue weighted by Crippen LogP contribution is 2.32. The van der Waals surface area contributed by atoms with Gasteiger partial charge in [-0.25, -0.2) is 9.18 Å². The van der Waals surface area contributed by atoms with Crippen molar-refractivity contribution in [2.24, 2.45) is 0 Å². The summed E-state index contributed by atoms with van der Waals surface area (Å²) in [5.41, 5.74) is 2.58. The van der Waals surface area contributed by atoms with Crippen LogP contribution in [0.25, 0.3) is 22.3 Å². The minimum atomic E-state index is -0.678. The van der Waals surface area contributed by atoms with E-state index in [-0.39, 0.29) is 12.2 Å². The Morgan fingerprint density at radius 2 is 1.54 bits per heavy atom. The number of ether oxygens (including phenoxy) is 1. The van der Waals surface area contributed by atoms with Gasteiger partial charge in [0, 0.05) is 24.8 Å². The van der Waals surface area contributed by atoms with Gasteiger partial charge in [0.1, 0.15) is 11.4 Å². The number of hydrogen-bond acceptors (Lipinski definition) is 4. The smallest absolute Gasteiger partial charge is 0.341 e. The first kappa shape index (κ1) is 15.8. The second-order valence-electron chi connectivity index (χ2n) is 5.07. The van der Waals surface area contributed by atoms with Crippen LogP contribution in [0.2, 0.25) is 0 Å². The molecule has 3 aromatic rings. The molecule has 0 aliphatic heterocycles. The van der Waals surface area contributed by atoms with Gasteiger partial charge < -0.3 is 4.74 Å². The first-order valence-electron chi connectivity index (χ1n) is 7.52. The summed E-state index contributed by atoms with van der Waals surface area (Å²) in [6.07, 6.45) is 6.47. The second kappa shape index (κ2) is 7.00. The molecule has 24 heavy (non-hydrogen) atoms. The highest BCUT2D eigenvalue weighted by Gasteiger charge is 2.21. The summed E-state index contributed by atoms with van der Waals surface area (Å²) < 4.78 is 19.7. The van der Waals surface area contributed by atoms with Crippen LogP contribution >= 0.6 is 0 Å². The molecule has 4 nitrogen and oxygen atoms in total. The van der Waals surface area contributed by atoms with Gasteiger partial charge in [-0.3, -0.25) is 9.97 Å². The van der Waals surface area contributed by atoms with Crippen LogP contribution in [0.5, 0.6) is 0 Å². The third-order valence-corrected chi connectivity index (χ3v) is 3.57. The van der Waals surface area contributed by atoms with Crippen LogP contribution in [0.4, 0.5) is 4.39 Å². The standard InChI is InChI=1S/C19H15FN2O2/c1-2-24-19(23)18-16(14-5-9-22-10-6-14)11-15(12-17(18)20)13-3-7-21-8-4-13/h3-12H,2H2,1H3. The van der Waals surface area contributed by atoms with Crippen LogP contribution in [0.1, 0.15) is 17.3 Å². The number of rotatable bonds is 4. The topological polar surface area (TPSA) is 52.1 Å². The molecule has 0 fully saturated rings. The molecule has 0 spiro atoms. The third-order valence-electron chi connectivity index (χ3n) is 3.57. The van der Waals surface area contributed by atoms with Crippen molar-refractivity contribution >= 4 is 5.97 Å². The summed E-state index contributed by atoms with van der Waals surface area (Å²) in [6.45, 7) is 1.87. The monoisotopic (exact) mass is 322 g/mol. The fourth-order valence-corrected chi connectivity index (χ4v) is 2.49. The first-order valence-corrected chi connectivity index (χ1v) is 7.52. The van der Waals surface area contributed by atoms with Crippen LogP contribution in [0.3, 0.4) is 0 Å². The number of esters is 1. The van der Waals surface area contributed by atoms with E-state index >= 15 is 0 Å². The predicted molar refractivity (Wildman–Crippen MR) is 88.8 cm³/mol. The van der Waals surface area contributed by atoms with Gasteiger partial charge in [-0.2, -0.15) is 0 Å². The molecule has 3 rings (SSSR count). The number of pyridine rings is 2. The van der Waals surface area contributed by atoms with Crippen molar-refractivity contribution in [3.8, 4) is 22.3 Å². The van der Waals surface area contributed by atoms with Crippen molar-refractivity contribution in [2.75, 3.05) is 6.61 Å². The fourth-order valence-electron chi connectivity index (χ4n) is 2.49. The minimum Gasteiger partial charge on any atom is -0.462 e. The van der Waals surface area contributed by atoms with Crippen LogP contribution in [0, 0.1) is 5.82 Å². The highest BCUT2D eigenvalue weighted by atomic mass is 19.1. The third kappa shape index (κ3) is 3.15. The number of hydrogen-bond donors (Lipinski definition) is 0. The Morgan fingerprint density at radius 1 is 0.958 bits per heavy atom. The number of halogens is 1. The molecule has 0 aliphatic rings. The highest BCUT2D eigenvalue weighted by molar-refractivity contribution is 5.98. The zero-order valence-electron chi connectivity index (χ0n) is 13.1. The van der Waals surface area contributed by atoms with E-state index in [1.54, 1.807) is 62.0 Å². The lowest BCUT2D eigenvalue weighted by Gasteiger charge is -2.13. The van der Waals surface area contributed by atoms with Crippen molar-refractivity contribution in [1.82, 2.24) is 9.97 Å². The minimum absolute atomic E-state index is 0.0687. The van der Waals surface area contributed by atoms with E-state index in [1.807, 2.05) is 0 Å². The van der Waals surface area contributed by atoms with Gasteiger partial charge in [0.05, 0.1) is 6.61 Å². The number of benzene rings is 1. The summed E-state index contributed by atoms with van der Waals surface area (Å²) in [4.78, 5) is 20.2. The Labute approximate surface area is 139 Å². The average molecular weight is 322 g/mol. The van der Waals surface area contributed by atoms with Crippen molar-refractivity contribution in [1.29, 1.82) is 0 Å². The Morgan fingerprint density at radius 3 is 2.12 bits per heavy atom. The SMILES string of the molecule is CCOC(=O)c1c(F)cc(-c2ccncc2)cc1-c1ccncc1. The zero-order valence-corrected chi connectivity index (χ0v) is 13.1. The molecule has 0 saturated heterocycles. The normalized spacial score (nSPS) is 10.4. The maximum atomic E-state index is 14.7. The molecule has 0 unspecified atom stereocenters. The summed E-state index contributed by atoms with van der Waals surface area (Å²) in [7, 11) is 0. The summed E-state index contributed by atoms with van der Waals surface area (Å²) in [5.74, 6) is -1.29. The maximum absolute atomic E-state index is 14.7. The summed E-state index contributed by atoms with van der Waals surface area (Å²) in [6, 6.07) is 10.2. The van der Waals surface area contributed by atoms with Crippen molar-refractivity contribution < 1.29 is 13.9 Å². The van der Waals surface area contributed by atoms with E-state index in [0.29, 0.717) is 16.7 Å². The number of aromatic nitrogens is 2. The molecule has 0 bridgehead atoms. The number of nitrogens with zero attached hydrogens (tertiary/aromatic N) is 2. The molecule has 0 radical (unpaired) electrons. The van der Waals surface area contributed by atoms with Gasteiger partial charge in [-0.1, -0.05) is 0 Å². The molecule has 0 saturated carbocycles.